The Kier molecular flexibility index (Phi) is 4.28. The van der Waals surface area contributed by atoms with E-state index < -0.39 is 0 Å². The lowest BCUT2D eigenvalue weighted by atomic mass is 9.91. The highest BCUT2D eigenvalue weighted by Crippen LogP contribution is 2.20. The van der Waals surface area contributed by atoms with E-state index >= 15 is 0 Å². The van der Waals surface area contributed by atoms with Gasteiger partial charge in [0.05, 0.1) is 0 Å². The van der Waals surface area contributed by atoms with Crippen molar-refractivity contribution in [2.45, 2.75) is 58.5 Å². The number of aromatic amines is 1. The molecule has 0 spiro atoms. The maximum absolute atomic E-state index is 12.3. The van der Waals surface area contributed by atoms with Crippen LogP contribution < -0.4 is 11.1 Å². The number of carbonyl (C=O) groups is 2. The van der Waals surface area contributed by atoms with Gasteiger partial charge in [0.1, 0.15) is 5.69 Å². The monoisotopic (exact) mass is 277 g/mol. The second-order valence-electron chi connectivity index (χ2n) is 5.77. The molecule has 1 fully saturated rings. The van der Waals surface area contributed by atoms with E-state index in [2.05, 4.69) is 10.3 Å². The lowest BCUT2D eigenvalue weighted by molar-refractivity contribution is 0.0920. The molecule has 2 rings (SSSR count). The van der Waals surface area contributed by atoms with Gasteiger partial charge in [-0.15, -0.1) is 0 Å². The number of aromatic nitrogens is 1. The quantitative estimate of drug-likeness (QED) is 0.736. The molecular formula is C15H23N3O2. The number of aryl methyl sites for hydroxylation is 1. The third kappa shape index (κ3) is 2.93. The number of rotatable bonds is 3. The number of amides is 1. The second kappa shape index (κ2) is 5.79. The van der Waals surface area contributed by atoms with Crippen molar-refractivity contribution in [3.63, 3.8) is 0 Å². The number of hydrogen-bond donors (Lipinski definition) is 3. The minimum Gasteiger partial charge on any atom is -0.354 e. The average molecular weight is 277 g/mol. The molecule has 5 nitrogen and oxygen atoms in total. The molecule has 0 atom stereocenters. The Labute approximate surface area is 119 Å². The van der Waals surface area contributed by atoms with Gasteiger partial charge in [-0.3, -0.25) is 9.59 Å². The zero-order valence-corrected chi connectivity index (χ0v) is 12.4. The van der Waals surface area contributed by atoms with Crippen molar-refractivity contribution in [3.05, 3.63) is 22.5 Å². The molecule has 0 bridgehead atoms. The van der Waals surface area contributed by atoms with Gasteiger partial charge >= 0.3 is 0 Å². The lowest BCUT2D eigenvalue weighted by Crippen LogP contribution is -2.40. The number of hydrogen-bond acceptors (Lipinski definition) is 3. The summed E-state index contributed by atoms with van der Waals surface area (Å²) in [5, 5.41) is 3.04. The topological polar surface area (TPSA) is 88.0 Å². The van der Waals surface area contributed by atoms with Crippen molar-refractivity contribution in [2.24, 2.45) is 5.73 Å². The summed E-state index contributed by atoms with van der Waals surface area (Å²) >= 11 is 0. The second-order valence-corrected chi connectivity index (χ2v) is 5.77. The van der Waals surface area contributed by atoms with Crippen molar-refractivity contribution in [1.82, 2.24) is 10.3 Å². The van der Waals surface area contributed by atoms with Gasteiger partial charge in [-0.25, -0.2) is 0 Å². The van der Waals surface area contributed by atoms with Gasteiger partial charge in [-0.05, 0) is 52.0 Å². The molecule has 0 saturated heterocycles. The SMILES string of the molecule is CC(=O)c1c(C)[nH]c(C(=O)NC2CCC(N)CC2)c1C. The zero-order valence-electron chi connectivity index (χ0n) is 12.4. The number of carbonyl (C=O) groups excluding carboxylic acids is 2. The first-order chi connectivity index (χ1) is 9.40. The summed E-state index contributed by atoms with van der Waals surface area (Å²) < 4.78 is 0. The van der Waals surface area contributed by atoms with E-state index in [1.54, 1.807) is 0 Å². The molecule has 1 aliphatic carbocycles. The maximum atomic E-state index is 12.3. The van der Waals surface area contributed by atoms with Crippen LogP contribution in [0.25, 0.3) is 0 Å². The number of Topliss-reactive ketones (excluding diaryl/α,β-unsaturated/α-hetero) is 1. The van der Waals surface area contributed by atoms with Crippen LogP contribution in [-0.2, 0) is 0 Å². The molecule has 0 unspecified atom stereocenters. The van der Waals surface area contributed by atoms with Crippen LogP contribution in [0, 0.1) is 13.8 Å². The van der Waals surface area contributed by atoms with Gasteiger partial charge in [0.2, 0.25) is 0 Å². The lowest BCUT2D eigenvalue weighted by Gasteiger charge is -2.26. The normalized spacial score (nSPS) is 22.6. The van der Waals surface area contributed by atoms with E-state index in [4.69, 9.17) is 5.73 Å². The molecule has 1 aromatic rings. The number of nitrogens with one attached hydrogen (secondary N) is 2. The molecule has 1 aromatic heterocycles. The first-order valence-electron chi connectivity index (χ1n) is 7.16. The van der Waals surface area contributed by atoms with Crippen molar-refractivity contribution < 1.29 is 9.59 Å². The van der Waals surface area contributed by atoms with Crippen molar-refractivity contribution in [2.75, 3.05) is 0 Å². The molecule has 0 aromatic carbocycles. The van der Waals surface area contributed by atoms with Gasteiger partial charge in [-0.1, -0.05) is 0 Å². The van der Waals surface area contributed by atoms with Crippen LogP contribution in [0.3, 0.4) is 0 Å². The predicted molar refractivity (Wildman–Crippen MR) is 78.0 cm³/mol. The minimum atomic E-state index is -0.126. The molecule has 20 heavy (non-hydrogen) atoms. The van der Waals surface area contributed by atoms with Crippen LogP contribution >= 0.6 is 0 Å². The van der Waals surface area contributed by atoms with Crippen LogP contribution in [-0.4, -0.2) is 28.8 Å². The summed E-state index contributed by atoms with van der Waals surface area (Å²) in [7, 11) is 0. The van der Waals surface area contributed by atoms with Crippen LogP contribution in [0.5, 0.6) is 0 Å². The zero-order chi connectivity index (χ0) is 14.9. The highest BCUT2D eigenvalue weighted by Gasteiger charge is 2.24. The fraction of sp³-hybridized carbons (Fsp3) is 0.600. The van der Waals surface area contributed by atoms with Crippen LogP contribution in [0.2, 0.25) is 0 Å². The number of H-pyrrole nitrogens is 1. The fourth-order valence-corrected chi connectivity index (χ4v) is 3.03. The Bertz CT molecular complexity index is 525. The van der Waals surface area contributed by atoms with E-state index in [-0.39, 0.29) is 23.8 Å². The summed E-state index contributed by atoms with van der Waals surface area (Å²) in [6, 6.07) is 0.452. The van der Waals surface area contributed by atoms with Gasteiger partial charge < -0.3 is 16.0 Å². The third-order valence-electron chi connectivity index (χ3n) is 4.12. The Morgan fingerprint density at radius 1 is 1.20 bits per heavy atom. The highest BCUT2D eigenvalue weighted by atomic mass is 16.2. The highest BCUT2D eigenvalue weighted by molar-refractivity contribution is 6.02. The van der Waals surface area contributed by atoms with Crippen molar-refractivity contribution >= 4 is 11.7 Å². The summed E-state index contributed by atoms with van der Waals surface area (Å²) in [6.45, 7) is 5.15. The van der Waals surface area contributed by atoms with Crippen LogP contribution in [0.15, 0.2) is 0 Å². The summed E-state index contributed by atoms with van der Waals surface area (Å²) in [6.07, 6.45) is 3.75. The Morgan fingerprint density at radius 2 is 1.80 bits per heavy atom. The molecule has 1 amide bonds. The molecule has 4 N–H and O–H groups in total. The van der Waals surface area contributed by atoms with Crippen LogP contribution in [0.1, 0.15) is 64.7 Å². The minimum absolute atomic E-state index is 0.0149. The number of nitrogens with two attached hydrogens (primary N) is 1. The third-order valence-corrected chi connectivity index (χ3v) is 4.12. The Balaban J connectivity index is 2.10. The fourth-order valence-electron chi connectivity index (χ4n) is 3.03. The van der Waals surface area contributed by atoms with E-state index in [9.17, 15) is 9.59 Å². The first-order valence-corrected chi connectivity index (χ1v) is 7.16. The van der Waals surface area contributed by atoms with Crippen molar-refractivity contribution in [1.29, 1.82) is 0 Å². The molecule has 110 valence electrons. The van der Waals surface area contributed by atoms with E-state index in [1.807, 2.05) is 13.8 Å². The van der Waals surface area contributed by atoms with Gasteiger partial charge in [0.15, 0.2) is 5.78 Å². The van der Waals surface area contributed by atoms with Gasteiger partial charge in [0.25, 0.3) is 5.91 Å². The maximum Gasteiger partial charge on any atom is 0.268 e. The summed E-state index contributed by atoms with van der Waals surface area (Å²) in [4.78, 5) is 26.9. The van der Waals surface area contributed by atoms with E-state index in [1.165, 1.54) is 6.92 Å². The summed E-state index contributed by atoms with van der Waals surface area (Å²) in [5.41, 5.74) is 8.48. The predicted octanol–water partition coefficient (Wildman–Crippen LogP) is 1.83. The Morgan fingerprint density at radius 3 is 2.30 bits per heavy atom. The molecule has 0 aliphatic heterocycles. The standard InChI is InChI=1S/C15H23N3O2/c1-8-13(10(3)19)9(2)17-14(8)15(20)18-12-6-4-11(16)5-7-12/h11-12,17H,4-7,16H2,1-3H3,(H,18,20). The molecular weight excluding hydrogens is 254 g/mol. The number of ketones is 1. The van der Waals surface area contributed by atoms with Gasteiger partial charge in [0, 0.05) is 23.3 Å². The van der Waals surface area contributed by atoms with E-state index in [0.29, 0.717) is 11.3 Å². The van der Waals surface area contributed by atoms with Gasteiger partial charge in [-0.2, -0.15) is 0 Å². The van der Waals surface area contributed by atoms with Crippen LogP contribution in [0.4, 0.5) is 0 Å². The largest absolute Gasteiger partial charge is 0.354 e. The molecule has 1 saturated carbocycles. The molecule has 5 heteroatoms. The van der Waals surface area contributed by atoms with E-state index in [0.717, 1.165) is 36.9 Å². The smallest absolute Gasteiger partial charge is 0.268 e. The van der Waals surface area contributed by atoms with Crippen molar-refractivity contribution in [3.8, 4) is 0 Å². The molecule has 0 radical (unpaired) electrons. The molecule has 1 aliphatic rings. The molecule has 1 heterocycles. The average Bonchev–Trinajstić information content (AvgIpc) is 2.67. The first kappa shape index (κ1) is 14.8. The Hall–Kier alpha value is -1.62. The summed E-state index contributed by atoms with van der Waals surface area (Å²) in [5.74, 6) is -0.141.